The number of pyridine rings is 1. The van der Waals surface area contributed by atoms with Gasteiger partial charge in [-0.25, -0.2) is 9.36 Å². The van der Waals surface area contributed by atoms with Crippen LogP contribution in [-0.2, 0) is 27.5 Å². The maximum Gasteiger partial charge on any atom is 0.352 e. The lowest BCUT2D eigenvalue weighted by Crippen LogP contribution is -2.70. The van der Waals surface area contributed by atoms with Crippen molar-refractivity contribution in [2.24, 2.45) is 11.5 Å². The summed E-state index contributed by atoms with van der Waals surface area (Å²) in [7, 11) is 0. The van der Waals surface area contributed by atoms with Gasteiger partial charge in [0.05, 0.1) is 5.56 Å². The van der Waals surface area contributed by atoms with Crippen molar-refractivity contribution in [3.63, 3.8) is 0 Å². The van der Waals surface area contributed by atoms with Crippen LogP contribution in [0.1, 0.15) is 15.9 Å². The lowest BCUT2D eigenvalue weighted by atomic mass is 10.0. The number of anilines is 1. The standard InChI is InChI=1S/C22H21N5O5S/c23-9-13-1-3-16(4-2-13)26(12-28)18-20(30)27-17(22(31)32)15(11-33-21(18)27)10-25-7-5-14(6-8-25)19(24)29/h1-8,12,18,21H,9-11,23H2,(H2-,24,29,31,32)/p+1/t18?,21-/m1/s1. The molecule has 11 heteroatoms. The number of carbonyl (C=O) groups excluding carboxylic acids is 3. The number of nitrogens with zero attached hydrogens (tertiary/aromatic N) is 3. The summed E-state index contributed by atoms with van der Waals surface area (Å²) in [6.07, 6.45) is 3.85. The number of carboxylic acid groups (broad SMARTS) is 1. The second-order valence-electron chi connectivity index (χ2n) is 7.62. The highest BCUT2D eigenvalue weighted by atomic mass is 32.2. The third kappa shape index (κ3) is 4.08. The van der Waals surface area contributed by atoms with Crippen molar-refractivity contribution in [3.8, 4) is 0 Å². The van der Waals surface area contributed by atoms with Crippen LogP contribution >= 0.6 is 11.8 Å². The van der Waals surface area contributed by atoms with Gasteiger partial charge >= 0.3 is 5.97 Å². The molecule has 0 spiro atoms. The van der Waals surface area contributed by atoms with E-state index in [9.17, 15) is 24.3 Å². The Balaban J connectivity index is 1.59. The van der Waals surface area contributed by atoms with Crippen molar-refractivity contribution in [1.29, 1.82) is 0 Å². The van der Waals surface area contributed by atoms with Crippen molar-refractivity contribution < 1.29 is 28.9 Å². The summed E-state index contributed by atoms with van der Waals surface area (Å²) in [5.41, 5.74) is 13.1. The van der Waals surface area contributed by atoms with Crippen molar-refractivity contribution in [1.82, 2.24) is 4.90 Å². The number of amides is 3. The van der Waals surface area contributed by atoms with E-state index in [1.165, 1.54) is 21.6 Å². The van der Waals surface area contributed by atoms with Gasteiger partial charge in [0.25, 0.3) is 5.91 Å². The summed E-state index contributed by atoms with van der Waals surface area (Å²) < 4.78 is 1.71. The third-order valence-electron chi connectivity index (χ3n) is 5.65. The molecular formula is C22H22N5O5S+. The number of aliphatic carboxylic acids is 1. The van der Waals surface area contributed by atoms with Gasteiger partial charge in [0, 0.05) is 35.7 Å². The van der Waals surface area contributed by atoms with E-state index < -0.39 is 29.2 Å². The molecule has 33 heavy (non-hydrogen) atoms. The molecule has 2 aliphatic rings. The number of hydrogen-bond donors (Lipinski definition) is 3. The van der Waals surface area contributed by atoms with Crippen LogP contribution in [0.3, 0.4) is 0 Å². The first-order valence-electron chi connectivity index (χ1n) is 10.1. The molecule has 2 atom stereocenters. The summed E-state index contributed by atoms with van der Waals surface area (Å²) in [6.45, 7) is 0.585. The van der Waals surface area contributed by atoms with Crippen molar-refractivity contribution in [3.05, 3.63) is 71.2 Å². The highest BCUT2D eigenvalue weighted by Gasteiger charge is 2.56. The number of nitrogens with two attached hydrogens (primary N) is 2. The van der Waals surface area contributed by atoms with Crippen LogP contribution < -0.4 is 20.9 Å². The molecule has 1 fully saturated rings. The van der Waals surface area contributed by atoms with E-state index in [1.807, 2.05) is 0 Å². The van der Waals surface area contributed by atoms with Gasteiger partial charge in [-0.1, -0.05) is 12.1 Å². The molecule has 0 aliphatic carbocycles. The fourth-order valence-corrected chi connectivity index (χ4v) is 5.33. The number of β-lactam (4-membered cyclic amide) rings is 1. The van der Waals surface area contributed by atoms with E-state index in [4.69, 9.17) is 11.5 Å². The van der Waals surface area contributed by atoms with Crippen LogP contribution in [0.5, 0.6) is 0 Å². The summed E-state index contributed by atoms with van der Waals surface area (Å²) in [5, 5.41) is 9.37. The molecule has 3 amide bonds. The highest BCUT2D eigenvalue weighted by molar-refractivity contribution is 8.00. The summed E-state index contributed by atoms with van der Waals surface area (Å²) in [6, 6.07) is 9.28. The molecule has 0 bridgehead atoms. The minimum absolute atomic E-state index is 0.0733. The SMILES string of the molecule is NCc1ccc(N(C=O)C2C(=O)N3C(C(=O)O)=C(C[n+]4ccc(C(N)=O)cc4)CS[C@H]23)cc1. The van der Waals surface area contributed by atoms with Gasteiger partial charge in [-0.05, 0) is 17.7 Å². The summed E-state index contributed by atoms with van der Waals surface area (Å²) in [4.78, 5) is 50.9. The van der Waals surface area contributed by atoms with E-state index >= 15 is 0 Å². The molecule has 10 nitrogen and oxygen atoms in total. The number of fused-ring (bicyclic) bond motifs is 1. The maximum absolute atomic E-state index is 13.1. The zero-order chi connectivity index (χ0) is 23.7. The molecule has 2 aromatic rings. The molecule has 4 rings (SSSR count). The number of benzene rings is 1. The van der Waals surface area contributed by atoms with Crippen molar-refractivity contribution >= 4 is 41.6 Å². The van der Waals surface area contributed by atoms with Gasteiger partial charge in [0.1, 0.15) is 17.1 Å². The van der Waals surface area contributed by atoms with Gasteiger partial charge in [-0.15, -0.1) is 11.8 Å². The topological polar surface area (TPSA) is 151 Å². The molecule has 1 saturated heterocycles. The number of carbonyl (C=O) groups is 4. The Hall–Kier alpha value is -3.70. The average molecular weight is 469 g/mol. The smallest absolute Gasteiger partial charge is 0.352 e. The van der Waals surface area contributed by atoms with Crippen LogP contribution in [0.4, 0.5) is 5.69 Å². The second-order valence-corrected chi connectivity index (χ2v) is 8.72. The number of carboxylic acids is 1. The van der Waals surface area contributed by atoms with E-state index in [-0.39, 0.29) is 12.2 Å². The number of aromatic nitrogens is 1. The van der Waals surface area contributed by atoms with Crippen LogP contribution in [0, 0.1) is 0 Å². The predicted molar refractivity (Wildman–Crippen MR) is 120 cm³/mol. The average Bonchev–Trinajstić information content (AvgIpc) is 2.82. The fourth-order valence-electron chi connectivity index (χ4n) is 3.95. The monoisotopic (exact) mass is 468 g/mol. The zero-order valence-corrected chi connectivity index (χ0v) is 18.3. The number of rotatable bonds is 8. The van der Waals surface area contributed by atoms with E-state index in [2.05, 4.69) is 0 Å². The van der Waals surface area contributed by atoms with E-state index in [1.54, 1.807) is 53.4 Å². The second kappa shape index (κ2) is 9.04. The van der Waals surface area contributed by atoms with Crippen LogP contribution in [0.2, 0.25) is 0 Å². The first-order valence-corrected chi connectivity index (χ1v) is 11.1. The molecule has 5 N–H and O–H groups in total. The molecule has 0 radical (unpaired) electrons. The van der Waals surface area contributed by atoms with Gasteiger partial charge in [0.2, 0.25) is 12.3 Å². The Morgan fingerprint density at radius 3 is 2.42 bits per heavy atom. The normalized spacial score (nSPS) is 19.5. The van der Waals surface area contributed by atoms with Gasteiger partial charge in [-0.2, -0.15) is 0 Å². The predicted octanol–water partition coefficient (Wildman–Crippen LogP) is -0.183. The fraction of sp³-hybridized carbons (Fsp3) is 0.227. The lowest BCUT2D eigenvalue weighted by molar-refractivity contribution is -0.689. The summed E-state index contributed by atoms with van der Waals surface area (Å²) in [5.74, 6) is -1.85. The van der Waals surface area contributed by atoms with Crippen LogP contribution in [-0.4, -0.2) is 51.4 Å². The molecule has 0 saturated carbocycles. The maximum atomic E-state index is 13.1. The van der Waals surface area contributed by atoms with Crippen molar-refractivity contribution in [2.45, 2.75) is 24.5 Å². The van der Waals surface area contributed by atoms with Crippen molar-refractivity contribution in [2.75, 3.05) is 10.7 Å². The van der Waals surface area contributed by atoms with E-state index in [0.717, 1.165) is 5.56 Å². The van der Waals surface area contributed by atoms with Crippen LogP contribution in [0.25, 0.3) is 0 Å². The number of hydrogen-bond acceptors (Lipinski definition) is 6. The molecule has 1 aromatic heterocycles. The first-order chi connectivity index (χ1) is 15.8. The molecule has 2 aliphatic heterocycles. The van der Waals surface area contributed by atoms with E-state index in [0.29, 0.717) is 35.5 Å². The summed E-state index contributed by atoms with van der Waals surface area (Å²) >= 11 is 1.40. The molecule has 3 heterocycles. The zero-order valence-electron chi connectivity index (χ0n) is 17.5. The minimum Gasteiger partial charge on any atom is -0.477 e. The quantitative estimate of drug-likeness (QED) is 0.276. The third-order valence-corrected chi connectivity index (χ3v) is 6.98. The first kappa shape index (κ1) is 22.5. The Labute approximate surface area is 193 Å². The molecule has 1 unspecified atom stereocenters. The lowest BCUT2D eigenvalue weighted by Gasteiger charge is -2.51. The number of thioether (sulfide) groups is 1. The Bertz CT molecular complexity index is 1150. The van der Waals surface area contributed by atoms with Gasteiger partial charge in [0.15, 0.2) is 18.9 Å². The molecule has 1 aromatic carbocycles. The Morgan fingerprint density at radius 2 is 1.88 bits per heavy atom. The molecular weight excluding hydrogens is 446 g/mol. The van der Waals surface area contributed by atoms with Crippen LogP contribution in [0.15, 0.2) is 60.1 Å². The Morgan fingerprint density at radius 1 is 1.21 bits per heavy atom. The van der Waals surface area contributed by atoms with Gasteiger partial charge < -0.3 is 16.6 Å². The molecule has 170 valence electrons. The number of primary amides is 1. The van der Waals surface area contributed by atoms with Gasteiger partial charge in [-0.3, -0.25) is 24.2 Å². The largest absolute Gasteiger partial charge is 0.477 e. The Kier molecular flexibility index (Phi) is 6.16. The minimum atomic E-state index is -1.21. The highest BCUT2D eigenvalue weighted by Crippen LogP contribution is 2.43.